The van der Waals surface area contributed by atoms with Crippen molar-refractivity contribution in [2.24, 2.45) is 0 Å². The number of ether oxygens (including phenoxy) is 1. The van der Waals surface area contributed by atoms with Gasteiger partial charge in [0, 0.05) is 24.0 Å². The lowest BCUT2D eigenvalue weighted by molar-refractivity contribution is 0.0649. The zero-order valence-electron chi connectivity index (χ0n) is 12.0. The summed E-state index contributed by atoms with van der Waals surface area (Å²) in [6.07, 6.45) is 5.86. The normalized spacial score (nSPS) is 15.9. The van der Waals surface area contributed by atoms with E-state index in [0.29, 0.717) is 29.8 Å². The Balaban J connectivity index is 2.16. The molecule has 0 spiro atoms. The van der Waals surface area contributed by atoms with Crippen LogP contribution in [0.25, 0.3) is 0 Å². The Morgan fingerprint density at radius 3 is 2.75 bits per heavy atom. The van der Waals surface area contributed by atoms with Gasteiger partial charge in [0.05, 0.1) is 7.11 Å². The average molecular weight is 296 g/mol. The molecule has 0 saturated heterocycles. The Bertz CT molecular complexity index is 444. The third kappa shape index (κ3) is 3.66. The van der Waals surface area contributed by atoms with Gasteiger partial charge in [-0.3, -0.25) is 4.79 Å². The van der Waals surface area contributed by atoms with E-state index in [9.17, 15) is 4.79 Å². The van der Waals surface area contributed by atoms with Gasteiger partial charge in [0.15, 0.2) is 0 Å². The number of carbonyl (C=O) groups excluding carboxylic acids is 1. The molecule has 20 heavy (non-hydrogen) atoms. The van der Waals surface area contributed by atoms with Crippen LogP contribution in [-0.4, -0.2) is 36.4 Å². The molecule has 1 aromatic rings. The number of benzene rings is 1. The first-order chi connectivity index (χ1) is 9.76. The first kappa shape index (κ1) is 15.2. The molecular formula is C16H22ClNO2. The molecule has 0 radical (unpaired) electrons. The SMILES string of the molecule is COc1cccc(C(=O)N(CCCl)C2CCCCC2)c1. The van der Waals surface area contributed by atoms with Crippen molar-refractivity contribution < 1.29 is 9.53 Å². The molecule has 0 heterocycles. The number of rotatable bonds is 5. The molecule has 0 aromatic heterocycles. The number of nitrogens with zero attached hydrogens (tertiary/aromatic N) is 1. The van der Waals surface area contributed by atoms with Gasteiger partial charge in [-0.1, -0.05) is 25.3 Å². The molecule has 2 rings (SSSR count). The van der Waals surface area contributed by atoms with Gasteiger partial charge in [0.25, 0.3) is 5.91 Å². The lowest BCUT2D eigenvalue weighted by Crippen LogP contribution is -2.42. The molecule has 1 aliphatic rings. The minimum atomic E-state index is 0.0662. The highest BCUT2D eigenvalue weighted by atomic mass is 35.5. The number of amides is 1. The highest BCUT2D eigenvalue weighted by Crippen LogP contribution is 2.25. The second-order valence-corrected chi connectivity index (χ2v) is 5.59. The molecule has 0 bridgehead atoms. The second-order valence-electron chi connectivity index (χ2n) is 5.21. The maximum absolute atomic E-state index is 12.7. The van der Waals surface area contributed by atoms with E-state index in [2.05, 4.69) is 0 Å². The van der Waals surface area contributed by atoms with Crippen LogP contribution in [0, 0.1) is 0 Å². The maximum atomic E-state index is 12.7. The summed E-state index contributed by atoms with van der Waals surface area (Å²) in [5.41, 5.74) is 0.681. The van der Waals surface area contributed by atoms with Gasteiger partial charge >= 0.3 is 0 Å². The standard InChI is InChI=1S/C16H22ClNO2/c1-20-15-9-5-6-13(12-15)16(19)18(11-10-17)14-7-3-2-4-8-14/h5-6,9,12,14H,2-4,7-8,10-11H2,1H3. The minimum absolute atomic E-state index is 0.0662. The van der Waals surface area contributed by atoms with Gasteiger partial charge in [0.1, 0.15) is 5.75 Å². The molecule has 1 amide bonds. The molecule has 1 saturated carbocycles. The van der Waals surface area contributed by atoms with E-state index in [0.717, 1.165) is 12.8 Å². The van der Waals surface area contributed by atoms with Crippen molar-refractivity contribution in [3.63, 3.8) is 0 Å². The fourth-order valence-electron chi connectivity index (χ4n) is 2.86. The van der Waals surface area contributed by atoms with Crippen molar-refractivity contribution in [3.05, 3.63) is 29.8 Å². The summed E-state index contributed by atoms with van der Waals surface area (Å²) in [6, 6.07) is 7.68. The van der Waals surface area contributed by atoms with E-state index in [1.807, 2.05) is 23.1 Å². The lowest BCUT2D eigenvalue weighted by atomic mass is 9.93. The molecule has 0 N–H and O–H groups in total. The average Bonchev–Trinajstić information content (AvgIpc) is 2.53. The molecule has 4 heteroatoms. The van der Waals surface area contributed by atoms with Crippen molar-refractivity contribution in [1.82, 2.24) is 4.90 Å². The number of alkyl halides is 1. The van der Waals surface area contributed by atoms with Gasteiger partial charge in [0.2, 0.25) is 0 Å². The predicted octanol–water partition coefficient (Wildman–Crippen LogP) is 3.71. The number of halogens is 1. The molecule has 0 unspecified atom stereocenters. The minimum Gasteiger partial charge on any atom is -0.497 e. The summed E-state index contributed by atoms with van der Waals surface area (Å²) < 4.78 is 5.19. The van der Waals surface area contributed by atoms with Gasteiger partial charge in [-0.2, -0.15) is 0 Å². The topological polar surface area (TPSA) is 29.5 Å². The van der Waals surface area contributed by atoms with Crippen LogP contribution in [0.15, 0.2) is 24.3 Å². The molecule has 1 aromatic carbocycles. The predicted molar refractivity (Wildman–Crippen MR) is 81.6 cm³/mol. The highest BCUT2D eigenvalue weighted by molar-refractivity contribution is 6.18. The van der Waals surface area contributed by atoms with E-state index in [-0.39, 0.29) is 5.91 Å². The quantitative estimate of drug-likeness (QED) is 0.775. The molecule has 1 aliphatic carbocycles. The van der Waals surface area contributed by atoms with E-state index in [1.165, 1.54) is 19.3 Å². The number of carbonyl (C=O) groups is 1. The number of hydrogen-bond acceptors (Lipinski definition) is 2. The van der Waals surface area contributed by atoms with E-state index in [4.69, 9.17) is 16.3 Å². The van der Waals surface area contributed by atoms with Crippen LogP contribution in [0.1, 0.15) is 42.5 Å². The van der Waals surface area contributed by atoms with Crippen LogP contribution < -0.4 is 4.74 Å². The number of methoxy groups -OCH3 is 1. The molecule has 3 nitrogen and oxygen atoms in total. The van der Waals surface area contributed by atoms with E-state index >= 15 is 0 Å². The molecule has 110 valence electrons. The maximum Gasteiger partial charge on any atom is 0.254 e. The van der Waals surface area contributed by atoms with Gasteiger partial charge in [-0.05, 0) is 31.0 Å². The largest absolute Gasteiger partial charge is 0.497 e. The van der Waals surface area contributed by atoms with Crippen molar-refractivity contribution in [1.29, 1.82) is 0 Å². The third-order valence-electron chi connectivity index (χ3n) is 3.92. The van der Waals surface area contributed by atoms with Crippen LogP contribution in [0.3, 0.4) is 0 Å². The van der Waals surface area contributed by atoms with Crippen molar-refractivity contribution in [2.45, 2.75) is 38.1 Å². The highest BCUT2D eigenvalue weighted by Gasteiger charge is 2.25. The van der Waals surface area contributed by atoms with Crippen molar-refractivity contribution >= 4 is 17.5 Å². The van der Waals surface area contributed by atoms with Crippen LogP contribution >= 0.6 is 11.6 Å². The Morgan fingerprint density at radius 1 is 1.35 bits per heavy atom. The third-order valence-corrected chi connectivity index (χ3v) is 4.09. The van der Waals surface area contributed by atoms with Crippen LogP contribution in [-0.2, 0) is 0 Å². The Kier molecular flexibility index (Phi) is 5.72. The van der Waals surface area contributed by atoms with E-state index < -0.39 is 0 Å². The zero-order valence-corrected chi connectivity index (χ0v) is 12.7. The summed E-state index contributed by atoms with van der Waals surface area (Å²) in [7, 11) is 1.61. The summed E-state index contributed by atoms with van der Waals surface area (Å²) in [4.78, 5) is 14.7. The first-order valence-corrected chi connectivity index (χ1v) is 7.80. The van der Waals surface area contributed by atoms with Crippen molar-refractivity contribution in [3.8, 4) is 5.75 Å². The molecule has 0 atom stereocenters. The van der Waals surface area contributed by atoms with Crippen LogP contribution in [0.4, 0.5) is 0 Å². The number of hydrogen-bond donors (Lipinski definition) is 0. The summed E-state index contributed by atoms with van der Waals surface area (Å²) in [6.45, 7) is 0.613. The van der Waals surface area contributed by atoms with Crippen molar-refractivity contribution in [2.75, 3.05) is 19.5 Å². The Labute approximate surface area is 125 Å². The first-order valence-electron chi connectivity index (χ1n) is 7.27. The fourth-order valence-corrected chi connectivity index (χ4v) is 3.04. The van der Waals surface area contributed by atoms with Gasteiger partial charge < -0.3 is 9.64 Å². The smallest absolute Gasteiger partial charge is 0.254 e. The van der Waals surface area contributed by atoms with Gasteiger partial charge in [-0.25, -0.2) is 0 Å². The zero-order chi connectivity index (χ0) is 14.4. The monoisotopic (exact) mass is 295 g/mol. The van der Waals surface area contributed by atoms with Gasteiger partial charge in [-0.15, -0.1) is 11.6 Å². The molecular weight excluding hydrogens is 274 g/mol. The lowest BCUT2D eigenvalue weighted by Gasteiger charge is -2.34. The summed E-state index contributed by atoms with van der Waals surface area (Å²) in [5, 5.41) is 0. The summed E-state index contributed by atoms with van der Waals surface area (Å²) >= 11 is 5.89. The fraction of sp³-hybridized carbons (Fsp3) is 0.562. The molecule has 1 fully saturated rings. The molecule has 0 aliphatic heterocycles. The van der Waals surface area contributed by atoms with E-state index in [1.54, 1.807) is 13.2 Å². The summed E-state index contributed by atoms with van der Waals surface area (Å²) in [5.74, 6) is 1.26. The Hall–Kier alpha value is -1.22. The second kappa shape index (κ2) is 7.53. The van der Waals surface area contributed by atoms with Crippen LogP contribution in [0.2, 0.25) is 0 Å². The Morgan fingerprint density at radius 2 is 2.10 bits per heavy atom. The van der Waals surface area contributed by atoms with Crippen LogP contribution in [0.5, 0.6) is 5.75 Å².